The van der Waals surface area contributed by atoms with Crippen LogP contribution in [0.4, 0.5) is 0 Å². The van der Waals surface area contributed by atoms with Crippen LogP contribution < -0.4 is 11.2 Å². The second kappa shape index (κ2) is 8.06. The molecular formula is C22H21N7O4S. The zero-order chi connectivity index (χ0) is 24.1. The third-order valence-electron chi connectivity index (χ3n) is 5.74. The molecule has 5 rings (SSSR count). The summed E-state index contributed by atoms with van der Waals surface area (Å²) in [6.45, 7) is 2.03. The van der Waals surface area contributed by atoms with Crippen molar-refractivity contribution in [2.45, 2.75) is 13.5 Å². The van der Waals surface area contributed by atoms with Gasteiger partial charge < -0.3 is 9.30 Å². The normalized spacial score (nSPS) is 11.5. The second-order valence-corrected chi connectivity index (χ2v) is 8.84. The van der Waals surface area contributed by atoms with Crippen molar-refractivity contribution in [3.63, 3.8) is 0 Å². The molecule has 0 aliphatic carbocycles. The van der Waals surface area contributed by atoms with E-state index in [0.29, 0.717) is 28.0 Å². The molecule has 0 atom stereocenters. The Labute approximate surface area is 196 Å². The number of hydrogen-bond acceptors (Lipinski definition) is 8. The number of aromatic nitrogens is 7. The summed E-state index contributed by atoms with van der Waals surface area (Å²) in [6.07, 6.45) is 1.46. The maximum absolute atomic E-state index is 13.1. The number of nitrogens with zero attached hydrogens (tertiary/aromatic N) is 7. The van der Waals surface area contributed by atoms with E-state index in [9.17, 15) is 14.4 Å². The van der Waals surface area contributed by atoms with Gasteiger partial charge in [-0.2, -0.15) is 5.10 Å². The van der Waals surface area contributed by atoms with Gasteiger partial charge in [-0.1, -0.05) is 6.07 Å². The summed E-state index contributed by atoms with van der Waals surface area (Å²) in [7, 11) is 4.75. The molecule has 12 heteroatoms. The summed E-state index contributed by atoms with van der Waals surface area (Å²) in [5.74, 6) is -0.508. The van der Waals surface area contributed by atoms with E-state index in [2.05, 4.69) is 10.1 Å². The van der Waals surface area contributed by atoms with E-state index in [-0.39, 0.29) is 24.3 Å². The molecule has 0 fully saturated rings. The van der Waals surface area contributed by atoms with E-state index < -0.39 is 17.2 Å². The molecular weight excluding hydrogens is 458 g/mol. The highest BCUT2D eigenvalue weighted by atomic mass is 32.1. The molecule has 5 heterocycles. The fourth-order valence-corrected chi connectivity index (χ4v) is 4.72. The molecule has 0 radical (unpaired) electrons. The van der Waals surface area contributed by atoms with Gasteiger partial charge in [-0.25, -0.2) is 19.6 Å². The van der Waals surface area contributed by atoms with E-state index in [1.165, 1.54) is 29.3 Å². The van der Waals surface area contributed by atoms with Crippen LogP contribution in [-0.4, -0.2) is 46.0 Å². The molecule has 0 spiro atoms. The van der Waals surface area contributed by atoms with E-state index in [4.69, 9.17) is 9.72 Å². The van der Waals surface area contributed by atoms with Gasteiger partial charge in [-0.3, -0.25) is 18.6 Å². The molecule has 11 nitrogen and oxygen atoms in total. The van der Waals surface area contributed by atoms with E-state index in [1.807, 2.05) is 24.4 Å². The largest absolute Gasteiger partial charge is 0.460 e. The summed E-state index contributed by atoms with van der Waals surface area (Å²) in [4.78, 5) is 47.7. The maximum Gasteiger partial charge on any atom is 0.339 e. The number of imidazole rings is 1. The molecule has 0 saturated heterocycles. The Morgan fingerprint density at radius 1 is 1.15 bits per heavy atom. The van der Waals surface area contributed by atoms with Crippen LogP contribution in [0.3, 0.4) is 0 Å². The quantitative estimate of drug-likeness (QED) is 0.351. The minimum absolute atomic E-state index is 0.00769. The average Bonchev–Trinajstić information content (AvgIpc) is 3.56. The third-order valence-corrected chi connectivity index (χ3v) is 6.64. The van der Waals surface area contributed by atoms with Crippen LogP contribution in [0.1, 0.15) is 16.1 Å². The van der Waals surface area contributed by atoms with E-state index in [1.54, 1.807) is 29.4 Å². The molecule has 0 N–H and O–H groups in total. The molecule has 0 aliphatic heterocycles. The van der Waals surface area contributed by atoms with Gasteiger partial charge in [0, 0.05) is 21.1 Å². The van der Waals surface area contributed by atoms with Crippen molar-refractivity contribution < 1.29 is 9.53 Å². The zero-order valence-electron chi connectivity index (χ0n) is 19.0. The lowest BCUT2D eigenvalue weighted by molar-refractivity contribution is 0.0494. The smallest absolute Gasteiger partial charge is 0.339 e. The molecule has 5 aromatic heterocycles. The van der Waals surface area contributed by atoms with Crippen molar-refractivity contribution in [3.05, 3.63) is 62.0 Å². The van der Waals surface area contributed by atoms with Crippen LogP contribution in [0.15, 0.2) is 39.5 Å². The Morgan fingerprint density at radius 3 is 2.68 bits per heavy atom. The second-order valence-electron chi connectivity index (χ2n) is 7.89. The van der Waals surface area contributed by atoms with Crippen molar-refractivity contribution in [1.29, 1.82) is 0 Å². The predicted octanol–water partition coefficient (Wildman–Crippen LogP) is 1.61. The first-order valence-corrected chi connectivity index (χ1v) is 11.3. The summed E-state index contributed by atoms with van der Waals surface area (Å²) in [5.41, 5.74) is 1.97. The Hall–Kier alpha value is -4.06. The number of ether oxygens (including phenoxy) is 1. The van der Waals surface area contributed by atoms with E-state index in [0.717, 1.165) is 9.44 Å². The Bertz CT molecular complexity index is 1690. The van der Waals surface area contributed by atoms with Gasteiger partial charge in [0.25, 0.3) is 5.56 Å². The number of fused-ring (bicyclic) bond motifs is 2. The molecule has 5 aromatic rings. The monoisotopic (exact) mass is 479 g/mol. The SMILES string of the molecule is Cc1nn(C)c2nc(-c3cccs3)cc(C(=O)OCCn3cnc4c3c(=O)n(C)c(=O)n4C)c12. The van der Waals surface area contributed by atoms with E-state index >= 15 is 0 Å². The van der Waals surface area contributed by atoms with Gasteiger partial charge >= 0.3 is 11.7 Å². The number of carbonyl (C=O) groups is 1. The van der Waals surface area contributed by atoms with Gasteiger partial charge in [-0.05, 0) is 24.4 Å². The summed E-state index contributed by atoms with van der Waals surface area (Å²) < 4.78 is 11.2. The predicted molar refractivity (Wildman–Crippen MR) is 127 cm³/mol. The fraction of sp³-hybridized carbons (Fsp3) is 0.273. The zero-order valence-corrected chi connectivity index (χ0v) is 19.8. The van der Waals surface area contributed by atoms with Gasteiger partial charge in [0.05, 0.1) is 40.1 Å². The van der Waals surface area contributed by atoms with Crippen molar-refractivity contribution >= 4 is 39.5 Å². The van der Waals surface area contributed by atoms with Gasteiger partial charge in [0.15, 0.2) is 16.8 Å². The highest BCUT2D eigenvalue weighted by Gasteiger charge is 2.21. The topological polar surface area (TPSA) is 119 Å². The number of aryl methyl sites for hydroxylation is 3. The first kappa shape index (κ1) is 21.8. The Balaban J connectivity index is 1.45. The first-order chi connectivity index (χ1) is 16.3. The van der Waals surface area contributed by atoms with Crippen LogP contribution in [0.5, 0.6) is 0 Å². The number of carbonyl (C=O) groups excluding carboxylic acids is 1. The summed E-state index contributed by atoms with van der Waals surface area (Å²) in [6, 6.07) is 5.59. The minimum Gasteiger partial charge on any atom is -0.460 e. The molecule has 174 valence electrons. The van der Waals surface area contributed by atoms with Gasteiger partial charge in [0.2, 0.25) is 0 Å². The van der Waals surface area contributed by atoms with Crippen LogP contribution >= 0.6 is 11.3 Å². The number of pyridine rings is 1. The molecule has 0 aromatic carbocycles. The van der Waals surface area contributed by atoms with Crippen LogP contribution in [0, 0.1) is 6.92 Å². The van der Waals surface area contributed by atoms with Crippen molar-refractivity contribution in [3.8, 4) is 10.6 Å². The molecule has 0 bridgehead atoms. The number of hydrogen-bond donors (Lipinski definition) is 0. The summed E-state index contributed by atoms with van der Waals surface area (Å²) in [5, 5.41) is 7.01. The lowest BCUT2D eigenvalue weighted by Gasteiger charge is -2.09. The maximum atomic E-state index is 13.1. The minimum atomic E-state index is -0.508. The number of esters is 1. The van der Waals surface area contributed by atoms with Crippen LogP contribution in [0.25, 0.3) is 32.8 Å². The Morgan fingerprint density at radius 2 is 1.94 bits per heavy atom. The lowest BCUT2D eigenvalue weighted by Crippen LogP contribution is -2.37. The Kier molecular flexibility index (Phi) is 5.16. The highest BCUT2D eigenvalue weighted by molar-refractivity contribution is 7.13. The lowest BCUT2D eigenvalue weighted by atomic mass is 10.1. The van der Waals surface area contributed by atoms with Crippen LogP contribution in [-0.2, 0) is 32.4 Å². The van der Waals surface area contributed by atoms with Crippen molar-refractivity contribution in [2.75, 3.05) is 6.61 Å². The fourth-order valence-electron chi connectivity index (χ4n) is 4.04. The molecule has 0 amide bonds. The molecule has 0 aliphatic rings. The average molecular weight is 480 g/mol. The number of thiophene rings is 1. The molecule has 0 unspecified atom stereocenters. The van der Waals surface area contributed by atoms with Crippen molar-refractivity contribution in [2.24, 2.45) is 21.1 Å². The molecule has 0 saturated carbocycles. The van der Waals surface area contributed by atoms with Crippen molar-refractivity contribution in [1.82, 2.24) is 33.4 Å². The summed E-state index contributed by atoms with van der Waals surface area (Å²) >= 11 is 1.53. The van der Waals surface area contributed by atoms with Gasteiger partial charge in [-0.15, -0.1) is 11.3 Å². The first-order valence-electron chi connectivity index (χ1n) is 10.4. The van der Waals surface area contributed by atoms with Gasteiger partial charge in [0.1, 0.15) is 6.61 Å². The number of rotatable bonds is 5. The highest BCUT2D eigenvalue weighted by Crippen LogP contribution is 2.29. The molecule has 34 heavy (non-hydrogen) atoms. The van der Waals surface area contributed by atoms with Crippen LogP contribution in [0.2, 0.25) is 0 Å². The standard InChI is InChI=1S/C22H21N7O4S/c1-12-16-13(10-14(15-6-5-9-34-15)24-18(16)28(4)25-12)21(31)33-8-7-29-11-23-19-17(29)20(30)27(3)22(32)26(19)2/h5-6,9-11H,7-8H2,1-4H3. The third kappa shape index (κ3) is 3.34.